The summed E-state index contributed by atoms with van der Waals surface area (Å²) < 4.78 is 6.32. The van der Waals surface area contributed by atoms with Crippen molar-refractivity contribution in [2.24, 2.45) is 0 Å². The molecule has 0 saturated heterocycles. The molecule has 0 radical (unpaired) electrons. The molecule has 0 spiro atoms. The minimum Gasteiger partial charge on any atom is -0.456 e. The van der Waals surface area contributed by atoms with Gasteiger partial charge in [0.05, 0.1) is 11.4 Å². The molecule has 46 heavy (non-hydrogen) atoms. The molecule has 9 rings (SSSR count). The van der Waals surface area contributed by atoms with E-state index in [2.05, 4.69) is 153 Å². The first kappa shape index (κ1) is 26.7. The summed E-state index contributed by atoms with van der Waals surface area (Å²) in [5.74, 6) is 0. The number of hydrogen-bond donors (Lipinski definition) is 0. The SMILES string of the molecule is CC1(C)c2ccc(-c3cccc(-c4cc(-c5ccccc5)cc(-c5ccccc5)n4)c3)cc2-c2cc3oc4ccccc4c3cc21. The van der Waals surface area contributed by atoms with Gasteiger partial charge in [-0.3, -0.25) is 0 Å². The predicted molar refractivity (Wildman–Crippen MR) is 191 cm³/mol. The van der Waals surface area contributed by atoms with Crippen LogP contribution in [0, 0.1) is 0 Å². The van der Waals surface area contributed by atoms with E-state index in [9.17, 15) is 0 Å². The molecule has 6 aromatic carbocycles. The molecule has 2 heteroatoms. The van der Waals surface area contributed by atoms with E-state index in [4.69, 9.17) is 9.40 Å². The van der Waals surface area contributed by atoms with Crippen LogP contribution >= 0.6 is 0 Å². The summed E-state index contributed by atoms with van der Waals surface area (Å²) in [4.78, 5) is 5.18. The molecule has 2 heterocycles. The Morgan fingerprint density at radius 2 is 1.04 bits per heavy atom. The number of hydrogen-bond acceptors (Lipinski definition) is 2. The van der Waals surface area contributed by atoms with Gasteiger partial charge in [-0.05, 0) is 87.0 Å². The summed E-state index contributed by atoms with van der Waals surface area (Å²) in [6.07, 6.45) is 0. The molecule has 0 amide bonds. The summed E-state index contributed by atoms with van der Waals surface area (Å²) in [6.45, 7) is 4.67. The molecule has 1 aliphatic rings. The van der Waals surface area contributed by atoms with E-state index in [0.29, 0.717) is 0 Å². The Balaban J connectivity index is 1.16. The summed E-state index contributed by atoms with van der Waals surface area (Å²) in [6, 6.07) is 54.1. The van der Waals surface area contributed by atoms with Crippen molar-refractivity contribution >= 4 is 21.9 Å². The monoisotopic (exact) mass is 589 g/mol. The number of pyridine rings is 1. The zero-order valence-corrected chi connectivity index (χ0v) is 25.8. The highest BCUT2D eigenvalue weighted by Gasteiger charge is 2.36. The summed E-state index contributed by atoms with van der Waals surface area (Å²) >= 11 is 0. The Kier molecular flexibility index (Phi) is 5.88. The second-order valence-corrected chi connectivity index (χ2v) is 12.8. The molecule has 0 aliphatic heterocycles. The highest BCUT2D eigenvalue weighted by molar-refractivity contribution is 6.07. The van der Waals surface area contributed by atoms with Gasteiger partial charge in [0, 0.05) is 27.3 Å². The van der Waals surface area contributed by atoms with Gasteiger partial charge in [0.1, 0.15) is 11.2 Å². The van der Waals surface area contributed by atoms with Crippen LogP contribution in [0.4, 0.5) is 0 Å². The molecular formula is C44H31NO. The van der Waals surface area contributed by atoms with Gasteiger partial charge in [-0.1, -0.05) is 123 Å². The second kappa shape index (κ2) is 10.2. The molecule has 8 aromatic rings. The molecule has 0 saturated carbocycles. The van der Waals surface area contributed by atoms with Crippen LogP contribution in [-0.4, -0.2) is 4.98 Å². The third kappa shape index (κ3) is 4.22. The lowest BCUT2D eigenvalue weighted by molar-refractivity contribution is 0.658. The molecule has 0 unspecified atom stereocenters. The fourth-order valence-electron chi connectivity index (χ4n) is 7.24. The number of rotatable bonds is 4. The zero-order valence-electron chi connectivity index (χ0n) is 25.8. The fraction of sp³-hybridized carbons (Fsp3) is 0.0682. The Hall–Kier alpha value is -5.73. The molecule has 2 nitrogen and oxygen atoms in total. The van der Waals surface area contributed by atoms with Crippen LogP contribution in [0.15, 0.2) is 156 Å². The van der Waals surface area contributed by atoms with E-state index < -0.39 is 0 Å². The molecule has 218 valence electrons. The van der Waals surface area contributed by atoms with Gasteiger partial charge in [0.15, 0.2) is 0 Å². The van der Waals surface area contributed by atoms with Crippen LogP contribution in [0.2, 0.25) is 0 Å². The largest absolute Gasteiger partial charge is 0.456 e. The predicted octanol–water partition coefficient (Wildman–Crippen LogP) is 12.0. The van der Waals surface area contributed by atoms with Crippen molar-refractivity contribution in [1.82, 2.24) is 4.98 Å². The van der Waals surface area contributed by atoms with Gasteiger partial charge < -0.3 is 4.42 Å². The maximum absolute atomic E-state index is 6.32. The van der Waals surface area contributed by atoms with Crippen molar-refractivity contribution in [3.05, 3.63) is 163 Å². The summed E-state index contributed by atoms with van der Waals surface area (Å²) in [7, 11) is 0. The third-order valence-corrected chi connectivity index (χ3v) is 9.67. The fourth-order valence-corrected chi connectivity index (χ4v) is 7.24. The smallest absolute Gasteiger partial charge is 0.136 e. The minimum absolute atomic E-state index is 0.104. The summed E-state index contributed by atoms with van der Waals surface area (Å²) in [5.41, 5.74) is 15.8. The van der Waals surface area contributed by atoms with Crippen LogP contribution in [0.1, 0.15) is 25.0 Å². The molecule has 0 N–H and O–H groups in total. The lowest BCUT2D eigenvalue weighted by Crippen LogP contribution is -2.14. The van der Waals surface area contributed by atoms with Crippen LogP contribution in [0.3, 0.4) is 0 Å². The van der Waals surface area contributed by atoms with Crippen LogP contribution in [0.25, 0.3) is 77.8 Å². The Morgan fingerprint density at radius 3 is 1.85 bits per heavy atom. The lowest BCUT2D eigenvalue weighted by Gasteiger charge is -2.21. The number of nitrogens with zero attached hydrogens (tertiary/aromatic N) is 1. The first-order valence-electron chi connectivity index (χ1n) is 15.9. The van der Waals surface area contributed by atoms with Crippen molar-refractivity contribution in [3.63, 3.8) is 0 Å². The van der Waals surface area contributed by atoms with E-state index in [1.165, 1.54) is 49.7 Å². The van der Waals surface area contributed by atoms with Crippen LogP contribution in [0.5, 0.6) is 0 Å². The average Bonchev–Trinajstić information content (AvgIpc) is 3.59. The van der Waals surface area contributed by atoms with Gasteiger partial charge in [0.2, 0.25) is 0 Å². The Morgan fingerprint density at radius 1 is 0.413 bits per heavy atom. The number of furan rings is 1. The van der Waals surface area contributed by atoms with Gasteiger partial charge >= 0.3 is 0 Å². The van der Waals surface area contributed by atoms with Crippen molar-refractivity contribution in [3.8, 4) is 55.9 Å². The number of aromatic nitrogens is 1. The summed E-state index contributed by atoms with van der Waals surface area (Å²) in [5, 5.41) is 2.35. The van der Waals surface area contributed by atoms with Gasteiger partial charge in [-0.25, -0.2) is 4.98 Å². The molecule has 2 aromatic heterocycles. The minimum atomic E-state index is -0.104. The number of benzene rings is 6. The second-order valence-electron chi connectivity index (χ2n) is 12.8. The maximum Gasteiger partial charge on any atom is 0.136 e. The van der Waals surface area contributed by atoms with E-state index in [-0.39, 0.29) is 5.41 Å². The van der Waals surface area contributed by atoms with Gasteiger partial charge in [-0.2, -0.15) is 0 Å². The quantitative estimate of drug-likeness (QED) is 0.204. The molecule has 1 aliphatic carbocycles. The van der Waals surface area contributed by atoms with Crippen LogP contribution < -0.4 is 0 Å². The normalized spacial score (nSPS) is 13.2. The van der Waals surface area contributed by atoms with E-state index in [0.717, 1.165) is 39.2 Å². The third-order valence-electron chi connectivity index (χ3n) is 9.67. The van der Waals surface area contributed by atoms with Crippen molar-refractivity contribution in [2.75, 3.05) is 0 Å². The van der Waals surface area contributed by atoms with Crippen molar-refractivity contribution in [1.29, 1.82) is 0 Å². The van der Waals surface area contributed by atoms with E-state index in [1.807, 2.05) is 12.1 Å². The van der Waals surface area contributed by atoms with E-state index >= 15 is 0 Å². The molecule has 0 fully saturated rings. The zero-order chi connectivity index (χ0) is 30.8. The highest BCUT2D eigenvalue weighted by Crippen LogP contribution is 2.51. The average molecular weight is 590 g/mol. The number of para-hydroxylation sites is 1. The first-order valence-corrected chi connectivity index (χ1v) is 15.9. The van der Waals surface area contributed by atoms with Crippen LogP contribution in [-0.2, 0) is 5.41 Å². The lowest BCUT2D eigenvalue weighted by atomic mass is 9.81. The van der Waals surface area contributed by atoms with Gasteiger partial charge in [-0.15, -0.1) is 0 Å². The van der Waals surface area contributed by atoms with Gasteiger partial charge in [0.25, 0.3) is 0 Å². The first-order chi connectivity index (χ1) is 22.5. The molecule has 0 atom stereocenters. The van der Waals surface area contributed by atoms with Crippen molar-refractivity contribution in [2.45, 2.75) is 19.3 Å². The number of fused-ring (bicyclic) bond motifs is 6. The van der Waals surface area contributed by atoms with Crippen molar-refractivity contribution < 1.29 is 4.42 Å². The maximum atomic E-state index is 6.32. The Bertz CT molecular complexity index is 2380. The standard InChI is InChI=1S/C44H31NO/c1-44(2)38-21-20-31(23-35(38)36-27-43-37(26-39(36)44)34-18-9-10-19-42(34)46-43)30-16-11-17-32(22-30)41-25-33(28-12-5-3-6-13-28)24-40(45-41)29-14-7-4-8-15-29/h3-27H,1-2H3. The van der Waals surface area contributed by atoms with E-state index in [1.54, 1.807) is 0 Å². The molecule has 0 bridgehead atoms. The molecular weight excluding hydrogens is 558 g/mol. The Labute approximate surface area is 268 Å². The highest BCUT2D eigenvalue weighted by atomic mass is 16.3. The topological polar surface area (TPSA) is 26.0 Å².